The maximum atomic E-state index is 12.8. The smallest absolute Gasteiger partial charge is 0.360 e. The van der Waals surface area contributed by atoms with E-state index in [1.54, 1.807) is 6.07 Å². The van der Waals surface area contributed by atoms with Crippen LogP contribution in [-0.2, 0) is 16.4 Å². The summed E-state index contributed by atoms with van der Waals surface area (Å²) in [6, 6.07) is 13.5. The Morgan fingerprint density at radius 3 is 2.36 bits per heavy atom. The Morgan fingerprint density at radius 2 is 1.75 bits per heavy atom. The summed E-state index contributed by atoms with van der Waals surface area (Å²) in [5, 5.41) is 14.5. The fraction of sp³-hybridized carbons (Fsp3) is 0.238. The van der Waals surface area contributed by atoms with E-state index in [2.05, 4.69) is 10.6 Å². The van der Waals surface area contributed by atoms with Crippen molar-refractivity contribution in [2.75, 3.05) is 10.6 Å². The molecule has 2 aromatic rings. The van der Waals surface area contributed by atoms with Gasteiger partial charge in [0.1, 0.15) is 11.6 Å². The molecular weight excluding hydrogens is 367 g/mol. The van der Waals surface area contributed by atoms with Gasteiger partial charge in [0, 0.05) is 17.6 Å². The van der Waals surface area contributed by atoms with Gasteiger partial charge in [-0.25, -0.2) is 0 Å². The summed E-state index contributed by atoms with van der Waals surface area (Å²) in [5.41, 5.74) is 0.364. The summed E-state index contributed by atoms with van der Waals surface area (Å²) in [7, 11) is 0. The fourth-order valence-corrected chi connectivity index (χ4v) is 2.53. The molecule has 4 nitrogen and oxygen atoms in total. The molecule has 0 spiro atoms. The Labute approximate surface area is 161 Å². The van der Waals surface area contributed by atoms with Gasteiger partial charge in [0.15, 0.2) is 0 Å². The average molecular weight is 387 g/mol. The van der Waals surface area contributed by atoms with Crippen LogP contribution in [-0.4, -0.2) is 5.91 Å². The van der Waals surface area contributed by atoms with Gasteiger partial charge in [0.05, 0.1) is 5.56 Å². The van der Waals surface area contributed by atoms with Gasteiger partial charge in [-0.3, -0.25) is 4.79 Å². The van der Waals surface area contributed by atoms with Crippen LogP contribution in [0, 0.1) is 11.3 Å². The molecule has 0 saturated carbocycles. The number of carbonyl (C=O) groups excluding carboxylic acids is 1. The largest absolute Gasteiger partial charge is 0.416 e. The summed E-state index contributed by atoms with van der Waals surface area (Å²) < 4.78 is 38.4. The van der Waals surface area contributed by atoms with Crippen LogP contribution in [0.25, 0.3) is 0 Å². The van der Waals surface area contributed by atoms with Gasteiger partial charge in [0.25, 0.3) is 5.91 Å². The number of anilines is 2. The maximum Gasteiger partial charge on any atom is 0.416 e. The van der Waals surface area contributed by atoms with Crippen LogP contribution < -0.4 is 10.6 Å². The van der Waals surface area contributed by atoms with Crippen molar-refractivity contribution >= 4 is 17.3 Å². The van der Waals surface area contributed by atoms with Crippen LogP contribution in [0.15, 0.2) is 60.3 Å². The number of para-hydroxylation sites is 1. The highest BCUT2D eigenvalue weighted by molar-refractivity contribution is 6.06. The van der Waals surface area contributed by atoms with Crippen molar-refractivity contribution in [2.24, 2.45) is 0 Å². The van der Waals surface area contributed by atoms with Crippen molar-refractivity contribution in [1.29, 1.82) is 5.26 Å². The zero-order valence-corrected chi connectivity index (χ0v) is 15.7. The number of rotatable bonds is 4. The summed E-state index contributed by atoms with van der Waals surface area (Å²) in [6.45, 7) is 6.09. The molecule has 0 radical (unpaired) electrons. The van der Waals surface area contributed by atoms with Crippen LogP contribution in [0.4, 0.5) is 24.5 Å². The molecule has 2 aromatic carbocycles. The number of nitriles is 1. The molecule has 0 saturated heterocycles. The highest BCUT2D eigenvalue weighted by Crippen LogP contribution is 2.31. The third-order valence-corrected chi connectivity index (χ3v) is 3.92. The van der Waals surface area contributed by atoms with E-state index in [1.165, 1.54) is 18.3 Å². The SMILES string of the molecule is CC(C)(C)c1ccccc1N/C=C(/C#N)C(=O)Nc1cccc(C(F)(F)F)c1. The van der Waals surface area contributed by atoms with Crippen LogP contribution >= 0.6 is 0 Å². The average Bonchev–Trinajstić information content (AvgIpc) is 2.61. The third-order valence-electron chi connectivity index (χ3n) is 3.92. The molecule has 146 valence electrons. The summed E-state index contributed by atoms with van der Waals surface area (Å²) in [4.78, 5) is 12.3. The first-order chi connectivity index (χ1) is 13.0. The van der Waals surface area contributed by atoms with Crippen molar-refractivity contribution in [2.45, 2.75) is 32.4 Å². The molecule has 0 fully saturated rings. The minimum Gasteiger partial charge on any atom is -0.360 e. The number of hydrogen-bond acceptors (Lipinski definition) is 3. The lowest BCUT2D eigenvalue weighted by molar-refractivity contribution is -0.137. The molecule has 2 N–H and O–H groups in total. The number of hydrogen-bond donors (Lipinski definition) is 2. The predicted molar refractivity (Wildman–Crippen MR) is 103 cm³/mol. The molecule has 0 unspecified atom stereocenters. The second-order valence-electron chi connectivity index (χ2n) is 7.14. The number of nitrogens with one attached hydrogen (secondary N) is 2. The Morgan fingerprint density at radius 1 is 1.07 bits per heavy atom. The van der Waals surface area contributed by atoms with Gasteiger partial charge >= 0.3 is 6.18 Å². The molecule has 0 heterocycles. The minimum atomic E-state index is -4.52. The molecule has 0 aliphatic carbocycles. The number of benzene rings is 2. The van der Waals surface area contributed by atoms with Crippen molar-refractivity contribution in [1.82, 2.24) is 0 Å². The standard InChI is InChI=1S/C21H20F3N3O/c1-20(2,3)17-9-4-5-10-18(17)26-13-14(12-25)19(28)27-16-8-6-7-15(11-16)21(22,23)24/h4-11,13,26H,1-3H3,(H,27,28)/b14-13-. The van der Waals surface area contributed by atoms with Crippen molar-refractivity contribution in [3.05, 3.63) is 71.4 Å². The highest BCUT2D eigenvalue weighted by Gasteiger charge is 2.30. The molecule has 28 heavy (non-hydrogen) atoms. The van der Waals surface area contributed by atoms with Gasteiger partial charge < -0.3 is 10.6 Å². The Balaban J connectivity index is 2.21. The first kappa shape index (κ1) is 21.0. The second kappa shape index (κ2) is 8.17. The lowest BCUT2D eigenvalue weighted by Crippen LogP contribution is -2.16. The molecule has 0 bridgehead atoms. The summed E-state index contributed by atoms with van der Waals surface area (Å²) in [5.74, 6) is -0.803. The third kappa shape index (κ3) is 5.36. The van der Waals surface area contributed by atoms with E-state index in [9.17, 15) is 23.2 Å². The van der Waals surface area contributed by atoms with Crippen LogP contribution in [0.5, 0.6) is 0 Å². The summed E-state index contributed by atoms with van der Waals surface area (Å²) >= 11 is 0. The van der Waals surface area contributed by atoms with Crippen LogP contribution in [0.1, 0.15) is 31.9 Å². The Bertz CT molecular complexity index is 935. The Hall–Kier alpha value is -3.27. The number of alkyl halides is 3. The molecule has 7 heteroatoms. The van der Waals surface area contributed by atoms with E-state index >= 15 is 0 Å². The molecule has 0 aliphatic heterocycles. The van der Waals surface area contributed by atoms with Crippen molar-refractivity contribution < 1.29 is 18.0 Å². The number of nitrogens with zero attached hydrogens (tertiary/aromatic N) is 1. The van der Waals surface area contributed by atoms with E-state index in [0.29, 0.717) is 0 Å². The minimum absolute atomic E-state index is 0.0453. The monoisotopic (exact) mass is 387 g/mol. The normalized spacial score (nSPS) is 12.2. The molecule has 2 rings (SSSR count). The van der Waals surface area contributed by atoms with Gasteiger partial charge in [-0.2, -0.15) is 18.4 Å². The van der Waals surface area contributed by atoms with E-state index < -0.39 is 17.6 Å². The Kier molecular flexibility index (Phi) is 6.14. The lowest BCUT2D eigenvalue weighted by Gasteiger charge is -2.22. The number of carbonyl (C=O) groups is 1. The first-order valence-corrected chi connectivity index (χ1v) is 8.47. The van der Waals surface area contributed by atoms with Crippen LogP contribution in [0.3, 0.4) is 0 Å². The number of amides is 1. The van der Waals surface area contributed by atoms with Gasteiger partial charge in [-0.1, -0.05) is 45.0 Å². The molecule has 0 aromatic heterocycles. The summed E-state index contributed by atoms with van der Waals surface area (Å²) in [6.07, 6.45) is -3.28. The molecular formula is C21H20F3N3O. The molecule has 0 aliphatic rings. The zero-order valence-electron chi connectivity index (χ0n) is 15.7. The van der Waals surface area contributed by atoms with Crippen LogP contribution in [0.2, 0.25) is 0 Å². The maximum absolute atomic E-state index is 12.8. The van der Waals surface area contributed by atoms with Crippen molar-refractivity contribution in [3.8, 4) is 6.07 Å². The van der Waals surface area contributed by atoms with Gasteiger partial charge in [-0.15, -0.1) is 0 Å². The van der Waals surface area contributed by atoms with Gasteiger partial charge in [-0.05, 0) is 35.2 Å². The molecule has 1 amide bonds. The first-order valence-electron chi connectivity index (χ1n) is 8.47. The van der Waals surface area contributed by atoms with Gasteiger partial charge in [0.2, 0.25) is 0 Å². The van der Waals surface area contributed by atoms with Crippen molar-refractivity contribution in [3.63, 3.8) is 0 Å². The number of halogens is 3. The fourth-order valence-electron chi connectivity index (χ4n) is 2.53. The van der Waals surface area contributed by atoms with E-state index in [-0.39, 0.29) is 16.7 Å². The highest BCUT2D eigenvalue weighted by atomic mass is 19.4. The zero-order chi connectivity index (χ0) is 20.9. The van der Waals surface area contributed by atoms with E-state index in [0.717, 1.165) is 23.4 Å². The molecule has 0 atom stereocenters. The predicted octanol–water partition coefficient (Wildman–Crippen LogP) is 5.46. The topological polar surface area (TPSA) is 64.9 Å². The second-order valence-corrected chi connectivity index (χ2v) is 7.14. The van der Waals surface area contributed by atoms with E-state index in [4.69, 9.17) is 0 Å². The lowest BCUT2D eigenvalue weighted by atomic mass is 9.86. The van der Waals surface area contributed by atoms with E-state index in [1.807, 2.05) is 45.0 Å². The quantitative estimate of drug-likeness (QED) is 0.541.